The number of amides is 3. The minimum absolute atomic E-state index is 0.0426. The number of methoxy groups -OCH3 is 2. The molecule has 0 spiro atoms. The summed E-state index contributed by atoms with van der Waals surface area (Å²) in [5.41, 5.74) is -2.47. The van der Waals surface area contributed by atoms with Crippen molar-refractivity contribution in [2.75, 3.05) is 39.2 Å². The number of nitrogens with zero attached hydrogens (tertiary/aromatic N) is 2. The second-order valence-electron chi connectivity index (χ2n) is 11.2. The molecular weight excluding hydrogens is 709 g/mol. The number of carbonyl (C=O) groups excluding carboxylic acids is 2. The Labute approximate surface area is 290 Å². The van der Waals surface area contributed by atoms with Crippen LogP contribution in [0.1, 0.15) is 30.4 Å². The van der Waals surface area contributed by atoms with E-state index in [2.05, 4.69) is 15.4 Å². The first-order valence-corrected chi connectivity index (χ1v) is 16.7. The van der Waals surface area contributed by atoms with Crippen LogP contribution in [0.3, 0.4) is 0 Å². The van der Waals surface area contributed by atoms with Gasteiger partial charge in [0.25, 0.3) is 15.9 Å². The van der Waals surface area contributed by atoms with Gasteiger partial charge in [-0.3, -0.25) is 14.9 Å². The fraction of sp³-hybridized carbons (Fsp3) is 0.344. The minimum atomic E-state index is -5.32. The average molecular weight is 743 g/mol. The Morgan fingerprint density at radius 3 is 2.32 bits per heavy atom. The van der Waals surface area contributed by atoms with Gasteiger partial charge in [-0.25, -0.2) is 17.5 Å². The number of fused-ring (bicyclic) bond motifs is 1. The predicted octanol–water partition coefficient (Wildman–Crippen LogP) is 4.72. The maximum atomic E-state index is 15.1. The van der Waals surface area contributed by atoms with Crippen molar-refractivity contribution in [3.05, 3.63) is 76.8 Å². The molecule has 0 saturated carbocycles. The van der Waals surface area contributed by atoms with E-state index in [-0.39, 0.29) is 52.7 Å². The quantitative estimate of drug-likeness (QED) is 0.197. The van der Waals surface area contributed by atoms with E-state index in [9.17, 15) is 31.2 Å². The van der Waals surface area contributed by atoms with E-state index >= 15 is 4.79 Å². The van der Waals surface area contributed by atoms with E-state index in [0.717, 1.165) is 25.3 Å². The first-order chi connectivity index (χ1) is 23.5. The van der Waals surface area contributed by atoms with Crippen LogP contribution in [-0.4, -0.2) is 83.6 Å². The SMILES string of the molecule is COc1ccc(S(=O)(=O)N2C(=O)C(N[C@@H](CCCCNC(=O)O)C(=O)N(C)C)(c3ccccc3OC)c3cc(Cl)ccc32)c(OC(F)(F)F)c1. The highest BCUT2D eigenvalue weighted by molar-refractivity contribution is 7.93. The summed E-state index contributed by atoms with van der Waals surface area (Å²) in [6.45, 7) is 0.0729. The molecule has 0 radical (unpaired) electrons. The minimum Gasteiger partial charge on any atom is -0.497 e. The molecule has 1 aliphatic heterocycles. The summed E-state index contributed by atoms with van der Waals surface area (Å²) in [4.78, 5) is 39.9. The van der Waals surface area contributed by atoms with Crippen LogP contribution >= 0.6 is 11.6 Å². The molecular formula is C32H34ClF3N4O9S. The van der Waals surface area contributed by atoms with Crippen molar-refractivity contribution in [2.45, 2.75) is 42.1 Å². The molecule has 0 bridgehead atoms. The third-order valence-corrected chi connectivity index (χ3v) is 9.79. The fourth-order valence-corrected chi connectivity index (χ4v) is 7.40. The number of rotatable bonds is 14. The van der Waals surface area contributed by atoms with Crippen molar-refractivity contribution in [3.8, 4) is 17.2 Å². The topological polar surface area (TPSA) is 164 Å². The Kier molecular flexibility index (Phi) is 11.4. The summed E-state index contributed by atoms with van der Waals surface area (Å²) in [7, 11) is 0.198. The van der Waals surface area contributed by atoms with Gasteiger partial charge in [-0.15, -0.1) is 13.2 Å². The van der Waals surface area contributed by atoms with Gasteiger partial charge in [0.2, 0.25) is 5.91 Å². The number of anilines is 1. The molecule has 3 amide bonds. The molecule has 4 rings (SSSR count). The van der Waals surface area contributed by atoms with Crippen molar-refractivity contribution in [2.24, 2.45) is 0 Å². The number of carboxylic acid groups (broad SMARTS) is 1. The third-order valence-electron chi connectivity index (χ3n) is 7.82. The van der Waals surface area contributed by atoms with Crippen molar-refractivity contribution < 1.29 is 55.3 Å². The Morgan fingerprint density at radius 2 is 1.70 bits per heavy atom. The van der Waals surface area contributed by atoms with E-state index in [0.29, 0.717) is 10.7 Å². The maximum Gasteiger partial charge on any atom is 0.573 e. The molecule has 0 aliphatic carbocycles. The van der Waals surface area contributed by atoms with E-state index in [1.165, 1.54) is 56.4 Å². The lowest BCUT2D eigenvalue weighted by molar-refractivity contribution is -0.275. The zero-order valence-corrected chi connectivity index (χ0v) is 28.8. The van der Waals surface area contributed by atoms with Gasteiger partial charge >= 0.3 is 12.5 Å². The number of alkyl halides is 3. The molecule has 3 N–H and O–H groups in total. The normalized spacial score (nSPS) is 16.4. The lowest BCUT2D eigenvalue weighted by atomic mass is 9.82. The van der Waals surface area contributed by atoms with Crippen LogP contribution < -0.4 is 29.1 Å². The second kappa shape index (κ2) is 15.0. The molecule has 18 heteroatoms. The summed E-state index contributed by atoms with van der Waals surface area (Å²) in [5, 5.41) is 14.3. The van der Waals surface area contributed by atoms with Gasteiger partial charge in [-0.2, -0.15) is 0 Å². The molecule has 0 fully saturated rings. The number of benzene rings is 3. The van der Waals surface area contributed by atoms with Gasteiger partial charge in [0.05, 0.1) is 25.9 Å². The number of likely N-dealkylation sites (N-methyl/N-ethyl adjacent to an activating group) is 1. The number of hydrogen-bond donors (Lipinski definition) is 3. The van der Waals surface area contributed by atoms with Crippen molar-refractivity contribution in [1.82, 2.24) is 15.5 Å². The van der Waals surface area contributed by atoms with Gasteiger partial charge in [0.15, 0.2) is 11.3 Å². The Balaban J connectivity index is 1.98. The van der Waals surface area contributed by atoms with Crippen molar-refractivity contribution in [3.63, 3.8) is 0 Å². The average Bonchev–Trinajstić information content (AvgIpc) is 3.29. The van der Waals surface area contributed by atoms with Gasteiger partial charge in [-0.1, -0.05) is 29.8 Å². The highest BCUT2D eigenvalue weighted by atomic mass is 35.5. The van der Waals surface area contributed by atoms with Gasteiger partial charge in [-0.05, 0) is 55.7 Å². The van der Waals surface area contributed by atoms with E-state index < -0.39 is 56.5 Å². The molecule has 3 aromatic rings. The number of halogens is 4. The number of carbonyl (C=O) groups is 3. The number of unbranched alkanes of at least 4 members (excludes halogenated alkanes) is 1. The molecule has 13 nitrogen and oxygen atoms in total. The summed E-state index contributed by atoms with van der Waals surface area (Å²) in [6, 6.07) is 11.4. The fourth-order valence-electron chi connectivity index (χ4n) is 5.66. The maximum absolute atomic E-state index is 15.1. The van der Waals surface area contributed by atoms with Crippen molar-refractivity contribution in [1.29, 1.82) is 0 Å². The van der Waals surface area contributed by atoms with Crippen LogP contribution in [-0.2, 0) is 25.2 Å². The van der Waals surface area contributed by atoms with E-state index in [1.807, 2.05) is 0 Å². The molecule has 2 atom stereocenters. The van der Waals surface area contributed by atoms with E-state index in [1.54, 1.807) is 12.1 Å². The van der Waals surface area contributed by atoms with Gasteiger partial charge < -0.3 is 29.5 Å². The molecule has 0 saturated heterocycles. The van der Waals surface area contributed by atoms with Gasteiger partial charge in [0.1, 0.15) is 16.4 Å². The smallest absolute Gasteiger partial charge is 0.497 e. The predicted molar refractivity (Wildman–Crippen MR) is 175 cm³/mol. The van der Waals surface area contributed by atoms with Crippen LogP contribution in [0, 0.1) is 0 Å². The second-order valence-corrected chi connectivity index (χ2v) is 13.4. The Bertz CT molecular complexity index is 1880. The van der Waals surface area contributed by atoms with Crippen LogP contribution in [0.15, 0.2) is 65.6 Å². The number of ether oxygens (including phenoxy) is 3. The molecule has 270 valence electrons. The lowest BCUT2D eigenvalue weighted by Crippen LogP contribution is -2.59. The van der Waals surface area contributed by atoms with Crippen LogP contribution in [0.5, 0.6) is 17.2 Å². The zero-order chi connectivity index (χ0) is 37.0. The molecule has 1 aliphatic rings. The molecule has 0 aromatic heterocycles. The van der Waals surface area contributed by atoms with E-state index in [4.69, 9.17) is 26.2 Å². The summed E-state index contributed by atoms with van der Waals surface area (Å²) >= 11 is 6.44. The highest BCUT2D eigenvalue weighted by Gasteiger charge is 2.59. The molecule has 3 aromatic carbocycles. The first kappa shape index (κ1) is 38.1. The number of nitrogens with one attached hydrogen (secondary N) is 2. The third kappa shape index (κ3) is 7.69. The highest BCUT2D eigenvalue weighted by Crippen LogP contribution is 2.51. The largest absolute Gasteiger partial charge is 0.573 e. The van der Waals surface area contributed by atoms with Gasteiger partial charge in [0, 0.05) is 42.9 Å². The number of hydrogen-bond acceptors (Lipinski definition) is 9. The zero-order valence-electron chi connectivity index (χ0n) is 27.2. The van der Waals surface area contributed by atoms with Crippen LogP contribution in [0.4, 0.5) is 23.7 Å². The molecule has 1 unspecified atom stereocenters. The van der Waals surface area contributed by atoms with Crippen molar-refractivity contribution >= 4 is 45.2 Å². The summed E-state index contributed by atoms with van der Waals surface area (Å²) in [6.07, 6.45) is -5.91. The molecule has 1 heterocycles. The standard InChI is InChI=1S/C32H34ClF3N4O9S/c1-39(2)28(41)23(10-7-8-16-37-30(43)44)38-31(21-9-5-6-11-25(21)48-4)22-17-19(33)12-14-24(22)40(29(31)42)50(45,46)27-15-13-20(47-3)18-26(27)49-32(34,35)36/h5-6,9,11-15,17-18,23,37-38H,7-8,10,16H2,1-4H3,(H,43,44)/t23-,31?/m0/s1. The summed E-state index contributed by atoms with van der Waals surface area (Å²) in [5.74, 6) is -2.93. The Hall–Kier alpha value is -4.74. The lowest BCUT2D eigenvalue weighted by Gasteiger charge is -2.36. The number of para-hydroxylation sites is 1. The van der Waals surface area contributed by atoms with Crippen LogP contribution in [0.2, 0.25) is 5.02 Å². The summed E-state index contributed by atoms with van der Waals surface area (Å²) < 4.78 is 84.6. The number of sulfonamides is 1. The molecule has 50 heavy (non-hydrogen) atoms. The monoisotopic (exact) mass is 742 g/mol. The van der Waals surface area contributed by atoms with Crippen LogP contribution in [0.25, 0.3) is 0 Å². The Morgan fingerprint density at radius 1 is 1.00 bits per heavy atom. The first-order valence-electron chi connectivity index (χ1n) is 14.9.